The van der Waals surface area contributed by atoms with E-state index in [4.69, 9.17) is 14.2 Å². The van der Waals surface area contributed by atoms with Crippen LogP contribution < -0.4 is 4.74 Å². The molecule has 3 aromatic rings. The number of rotatable bonds is 3. The fourth-order valence-corrected chi connectivity index (χ4v) is 4.68. The highest BCUT2D eigenvalue weighted by Crippen LogP contribution is 2.39. The summed E-state index contributed by atoms with van der Waals surface area (Å²) in [6.45, 7) is 6.97. The molecule has 28 heavy (non-hydrogen) atoms. The molecule has 3 aromatic heterocycles. The monoisotopic (exact) mass is 403 g/mol. The van der Waals surface area contributed by atoms with Gasteiger partial charge in [0.05, 0.1) is 30.8 Å². The summed E-state index contributed by atoms with van der Waals surface area (Å²) in [6.07, 6.45) is 2.43. The fourth-order valence-electron chi connectivity index (χ4n) is 3.61. The van der Waals surface area contributed by atoms with Crippen LogP contribution in [-0.2, 0) is 27.3 Å². The average Bonchev–Trinajstić information content (AvgIpc) is 3.26. The molecule has 148 valence electrons. The van der Waals surface area contributed by atoms with Gasteiger partial charge in [-0.2, -0.15) is 9.50 Å². The Morgan fingerprint density at radius 3 is 3.00 bits per heavy atom. The highest BCUT2D eigenvalue weighted by Gasteiger charge is 2.31. The Morgan fingerprint density at radius 1 is 1.36 bits per heavy atom. The van der Waals surface area contributed by atoms with Crippen molar-refractivity contribution in [1.29, 1.82) is 0 Å². The van der Waals surface area contributed by atoms with Crippen molar-refractivity contribution in [2.24, 2.45) is 0 Å². The Morgan fingerprint density at radius 2 is 2.18 bits per heavy atom. The van der Waals surface area contributed by atoms with Crippen molar-refractivity contribution in [2.75, 3.05) is 32.9 Å². The van der Waals surface area contributed by atoms with Crippen LogP contribution in [0.4, 0.5) is 0 Å². The number of thiophene rings is 1. The first kappa shape index (κ1) is 17.8. The van der Waals surface area contributed by atoms with Crippen LogP contribution in [0.25, 0.3) is 15.9 Å². The van der Waals surface area contributed by atoms with Crippen LogP contribution in [0.3, 0.4) is 0 Å². The van der Waals surface area contributed by atoms with Crippen molar-refractivity contribution in [1.82, 2.24) is 24.5 Å². The number of carbonyl (C=O) groups excluding carboxylic acids is 1. The standard InChI is InChI=1S/C18H21N5O4S/c1-18(2)7-11-12(8-27-18)28-16-14(11)15-20-17(21-23(15)10-19-16)26-9-13(24)22-3-5-25-6-4-22/h10H,3-9H2,1-2H3. The first-order valence-electron chi connectivity index (χ1n) is 9.28. The van der Waals surface area contributed by atoms with Gasteiger partial charge in [-0.05, 0) is 19.4 Å². The molecule has 0 spiro atoms. The van der Waals surface area contributed by atoms with Crippen molar-refractivity contribution < 1.29 is 19.0 Å². The Labute approximate surface area is 165 Å². The number of carbonyl (C=O) groups is 1. The molecule has 5 rings (SSSR count). The maximum absolute atomic E-state index is 12.3. The number of ether oxygens (including phenoxy) is 3. The van der Waals surface area contributed by atoms with Gasteiger partial charge in [0.15, 0.2) is 12.3 Å². The van der Waals surface area contributed by atoms with E-state index in [2.05, 4.69) is 28.9 Å². The topological polar surface area (TPSA) is 91.1 Å². The molecule has 9 nitrogen and oxygen atoms in total. The zero-order chi connectivity index (χ0) is 19.3. The first-order valence-corrected chi connectivity index (χ1v) is 10.1. The maximum Gasteiger partial charge on any atom is 0.336 e. The summed E-state index contributed by atoms with van der Waals surface area (Å²) < 4.78 is 18.4. The van der Waals surface area contributed by atoms with E-state index >= 15 is 0 Å². The molecule has 0 unspecified atom stereocenters. The van der Waals surface area contributed by atoms with Gasteiger partial charge in [-0.1, -0.05) is 0 Å². The van der Waals surface area contributed by atoms with Crippen molar-refractivity contribution in [2.45, 2.75) is 32.5 Å². The fraction of sp³-hybridized carbons (Fsp3) is 0.556. The molecule has 10 heteroatoms. The molecular weight excluding hydrogens is 382 g/mol. The lowest BCUT2D eigenvalue weighted by atomic mass is 9.94. The zero-order valence-corrected chi connectivity index (χ0v) is 16.6. The van der Waals surface area contributed by atoms with Gasteiger partial charge in [0, 0.05) is 24.4 Å². The number of fused-ring (bicyclic) bond motifs is 5. The zero-order valence-electron chi connectivity index (χ0n) is 15.8. The second-order valence-corrected chi connectivity index (χ2v) is 8.68. The average molecular weight is 403 g/mol. The Hall–Kier alpha value is -2.30. The summed E-state index contributed by atoms with van der Waals surface area (Å²) >= 11 is 1.63. The Bertz CT molecular complexity index is 1050. The number of amides is 1. The van der Waals surface area contributed by atoms with Crippen LogP contribution in [0.15, 0.2) is 6.33 Å². The van der Waals surface area contributed by atoms with Crippen LogP contribution in [-0.4, -0.2) is 68.9 Å². The molecule has 0 aromatic carbocycles. The van der Waals surface area contributed by atoms with Crippen LogP contribution in [0.5, 0.6) is 6.01 Å². The van der Waals surface area contributed by atoms with Gasteiger partial charge in [0.25, 0.3) is 5.91 Å². The highest BCUT2D eigenvalue weighted by atomic mass is 32.1. The maximum atomic E-state index is 12.3. The van der Waals surface area contributed by atoms with Gasteiger partial charge < -0.3 is 19.1 Å². The van der Waals surface area contributed by atoms with E-state index in [1.165, 1.54) is 10.4 Å². The minimum absolute atomic E-state index is 0.0859. The summed E-state index contributed by atoms with van der Waals surface area (Å²) in [6, 6.07) is 0.183. The third kappa shape index (κ3) is 3.11. The summed E-state index contributed by atoms with van der Waals surface area (Å²) in [5.41, 5.74) is 1.70. The lowest BCUT2D eigenvalue weighted by Crippen LogP contribution is -2.43. The van der Waals surface area contributed by atoms with Gasteiger partial charge >= 0.3 is 6.01 Å². The molecule has 0 radical (unpaired) electrons. The highest BCUT2D eigenvalue weighted by molar-refractivity contribution is 7.19. The lowest BCUT2D eigenvalue weighted by molar-refractivity contribution is -0.137. The largest absolute Gasteiger partial charge is 0.452 e. The second kappa shape index (κ2) is 6.64. The van der Waals surface area contributed by atoms with E-state index in [1.807, 2.05) is 0 Å². The van der Waals surface area contributed by atoms with Crippen molar-refractivity contribution in [3.8, 4) is 6.01 Å². The van der Waals surface area contributed by atoms with E-state index < -0.39 is 0 Å². The number of nitrogens with zero attached hydrogens (tertiary/aromatic N) is 5. The molecule has 0 saturated carbocycles. The Balaban J connectivity index is 1.43. The predicted molar refractivity (Wildman–Crippen MR) is 102 cm³/mol. The van der Waals surface area contributed by atoms with Crippen molar-refractivity contribution in [3.63, 3.8) is 0 Å². The molecule has 1 amide bonds. The molecule has 0 aliphatic carbocycles. The molecule has 0 bridgehead atoms. The van der Waals surface area contributed by atoms with Crippen molar-refractivity contribution in [3.05, 3.63) is 16.8 Å². The van der Waals surface area contributed by atoms with Gasteiger partial charge in [-0.3, -0.25) is 4.79 Å². The van der Waals surface area contributed by atoms with Crippen LogP contribution >= 0.6 is 11.3 Å². The SMILES string of the molecule is CC1(C)Cc2c(sc3ncn4nc(OCC(=O)N5CCOCC5)nc4c23)CO1. The molecular formula is C18H21N5O4S. The predicted octanol–water partition coefficient (Wildman–Crippen LogP) is 1.43. The van der Waals surface area contributed by atoms with E-state index in [0.29, 0.717) is 38.6 Å². The summed E-state index contributed by atoms with van der Waals surface area (Å²) in [7, 11) is 0. The van der Waals surface area contributed by atoms with Gasteiger partial charge in [-0.25, -0.2) is 4.98 Å². The molecule has 0 N–H and O–H groups in total. The second-order valence-electron chi connectivity index (χ2n) is 7.60. The van der Waals surface area contributed by atoms with Crippen LogP contribution in [0.1, 0.15) is 24.3 Å². The number of aromatic nitrogens is 4. The van der Waals surface area contributed by atoms with E-state index in [9.17, 15) is 4.79 Å². The molecule has 0 atom stereocenters. The third-order valence-corrected chi connectivity index (χ3v) is 6.19. The number of hydrogen-bond acceptors (Lipinski definition) is 8. The van der Waals surface area contributed by atoms with Gasteiger partial charge in [0.1, 0.15) is 11.2 Å². The van der Waals surface area contributed by atoms with Crippen LogP contribution in [0.2, 0.25) is 0 Å². The number of hydrogen-bond donors (Lipinski definition) is 0. The summed E-state index contributed by atoms with van der Waals surface area (Å²) in [5, 5.41) is 5.34. The minimum atomic E-state index is -0.224. The molecule has 2 aliphatic rings. The van der Waals surface area contributed by atoms with E-state index in [0.717, 1.165) is 16.6 Å². The first-order chi connectivity index (χ1) is 13.5. The summed E-state index contributed by atoms with van der Waals surface area (Å²) in [4.78, 5) is 25.2. The van der Waals surface area contributed by atoms with Gasteiger partial charge in [0.2, 0.25) is 0 Å². The van der Waals surface area contributed by atoms with E-state index in [1.54, 1.807) is 27.1 Å². The quantitative estimate of drug-likeness (QED) is 0.653. The third-order valence-electron chi connectivity index (χ3n) is 5.08. The lowest BCUT2D eigenvalue weighted by Gasteiger charge is -2.30. The van der Waals surface area contributed by atoms with E-state index in [-0.39, 0.29) is 24.1 Å². The minimum Gasteiger partial charge on any atom is -0.452 e. The molecule has 1 fully saturated rings. The molecule has 2 aliphatic heterocycles. The van der Waals surface area contributed by atoms with Gasteiger partial charge in [-0.15, -0.1) is 16.4 Å². The number of morpholine rings is 1. The normalized spacial score (nSPS) is 19.1. The summed E-state index contributed by atoms with van der Waals surface area (Å²) in [5.74, 6) is -0.0859. The molecule has 5 heterocycles. The smallest absolute Gasteiger partial charge is 0.336 e. The molecule has 1 saturated heterocycles. The van der Waals surface area contributed by atoms with Crippen molar-refractivity contribution >= 4 is 33.1 Å². The Kier molecular flexibility index (Phi) is 4.22. The van der Waals surface area contributed by atoms with Crippen LogP contribution in [0, 0.1) is 0 Å².